The number of likely N-dealkylation sites (N-methyl/N-ethyl adjacent to an activating group) is 1. The summed E-state index contributed by atoms with van der Waals surface area (Å²) >= 11 is 1.59. The molecule has 0 atom stereocenters. The lowest BCUT2D eigenvalue weighted by Crippen LogP contribution is -2.47. The summed E-state index contributed by atoms with van der Waals surface area (Å²) in [6.45, 7) is 3.48. The van der Waals surface area contributed by atoms with Crippen LogP contribution in [0, 0.1) is 0 Å². The van der Waals surface area contributed by atoms with Crippen LogP contribution < -0.4 is 0 Å². The lowest BCUT2D eigenvalue weighted by atomic mass is 10.1. The van der Waals surface area contributed by atoms with Gasteiger partial charge in [-0.25, -0.2) is 4.98 Å². The molecule has 1 fully saturated rings. The van der Waals surface area contributed by atoms with Gasteiger partial charge in [-0.1, -0.05) is 30.3 Å². The first-order valence-electron chi connectivity index (χ1n) is 7.68. The van der Waals surface area contributed by atoms with Crippen LogP contribution in [0.2, 0.25) is 0 Å². The van der Waals surface area contributed by atoms with E-state index in [4.69, 9.17) is 0 Å². The average molecular weight is 315 g/mol. The molecule has 2 heterocycles. The van der Waals surface area contributed by atoms with E-state index in [0.29, 0.717) is 5.69 Å². The van der Waals surface area contributed by atoms with E-state index in [1.807, 2.05) is 16.3 Å². The summed E-state index contributed by atoms with van der Waals surface area (Å²) in [6, 6.07) is 10.4. The number of hydrogen-bond donors (Lipinski definition) is 0. The fourth-order valence-electron chi connectivity index (χ4n) is 2.59. The molecule has 4 nitrogen and oxygen atoms in total. The third-order valence-corrected chi connectivity index (χ3v) is 4.94. The van der Waals surface area contributed by atoms with Gasteiger partial charge in [0.05, 0.1) is 5.01 Å². The van der Waals surface area contributed by atoms with Crippen molar-refractivity contribution < 1.29 is 4.79 Å². The molecule has 0 aliphatic carbocycles. The smallest absolute Gasteiger partial charge is 0.273 e. The van der Waals surface area contributed by atoms with Gasteiger partial charge in [0.1, 0.15) is 5.69 Å². The van der Waals surface area contributed by atoms with Crippen LogP contribution in [0.1, 0.15) is 21.1 Å². The van der Waals surface area contributed by atoms with E-state index in [1.165, 1.54) is 5.56 Å². The summed E-state index contributed by atoms with van der Waals surface area (Å²) < 4.78 is 0. The van der Waals surface area contributed by atoms with Crippen LogP contribution in [0.25, 0.3) is 0 Å². The zero-order chi connectivity index (χ0) is 15.4. The maximum atomic E-state index is 12.4. The van der Waals surface area contributed by atoms with Crippen molar-refractivity contribution >= 4 is 17.2 Å². The number of thiazole rings is 1. The predicted molar refractivity (Wildman–Crippen MR) is 89.4 cm³/mol. The van der Waals surface area contributed by atoms with Crippen LogP contribution in [0.3, 0.4) is 0 Å². The normalized spacial score (nSPS) is 16.0. The molecular formula is C17H21N3OS. The minimum absolute atomic E-state index is 0.0790. The second kappa shape index (κ2) is 7.03. The SMILES string of the molecule is CN1CCN(C(=O)c2csc(CCc3ccccc3)n2)CC1. The lowest BCUT2D eigenvalue weighted by Gasteiger charge is -2.31. The molecule has 0 bridgehead atoms. The molecular weight excluding hydrogens is 294 g/mol. The number of carbonyl (C=O) groups is 1. The Morgan fingerprint density at radius 1 is 1.14 bits per heavy atom. The third-order valence-electron chi connectivity index (χ3n) is 4.03. The monoisotopic (exact) mass is 315 g/mol. The predicted octanol–water partition coefficient (Wildman–Crippen LogP) is 2.32. The molecule has 3 rings (SSSR count). The van der Waals surface area contributed by atoms with Crippen LogP contribution in [0.4, 0.5) is 0 Å². The van der Waals surface area contributed by atoms with Crippen molar-refractivity contribution in [2.75, 3.05) is 33.2 Å². The van der Waals surface area contributed by atoms with E-state index in [0.717, 1.165) is 44.0 Å². The van der Waals surface area contributed by atoms with Gasteiger partial charge in [-0.2, -0.15) is 0 Å². The van der Waals surface area contributed by atoms with Gasteiger partial charge in [0.2, 0.25) is 0 Å². The van der Waals surface area contributed by atoms with Crippen LogP contribution in [0.15, 0.2) is 35.7 Å². The van der Waals surface area contributed by atoms with Gasteiger partial charge in [0.15, 0.2) is 0 Å². The molecule has 1 amide bonds. The van der Waals surface area contributed by atoms with Crippen molar-refractivity contribution in [2.45, 2.75) is 12.8 Å². The highest BCUT2D eigenvalue weighted by Crippen LogP contribution is 2.15. The maximum Gasteiger partial charge on any atom is 0.273 e. The summed E-state index contributed by atoms with van der Waals surface area (Å²) in [6.07, 6.45) is 1.86. The van der Waals surface area contributed by atoms with E-state index in [2.05, 4.69) is 41.2 Å². The van der Waals surface area contributed by atoms with Crippen molar-refractivity contribution in [1.29, 1.82) is 0 Å². The van der Waals surface area contributed by atoms with Crippen molar-refractivity contribution in [3.05, 3.63) is 52.0 Å². The summed E-state index contributed by atoms with van der Waals surface area (Å²) in [4.78, 5) is 21.1. The van der Waals surface area contributed by atoms with E-state index in [1.54, 1.807) is 11.3 Å². The average Bonchev–Trinajstić information content (AvgIpc) is 3.03. The number of amides is 1. The number of nitrogens with zero attached hydrogens (tertiary/aromatic N) is 3. The highest BCUT2D eigenvalue weighted by molar-refractivity contribution is 7.09. The zero-order valence-electron chi connectivity index (χ0n) is 12.9. The van der Waals surface area contributed by atoms with Gasteiger partial charge in [-0.15, -0.1) is 11.3 Å². The molecule has 2 aromatic rings. The second-order valence-corrected chi connectivity index (χ2v) is 6.65. The largest absolute Gasteiger partial charge is 0.335 e. The molecule has 0 N–H and O–H groups in total. The molecule has 1 aliphatic heterocycles. The Labute approximate surface area is 135 Å². The Kier molecular flexibility index (Phi) is 4.85. The Morgan fingerprint density at radius 2 is 1.86 bits per heavy atom. The standard InChI is InChI=1S/C17H21N3OS/c1-19-9-11-20(12-10-19)17(21)15-13-22-16(18-15)8-7-14-5-3-2-4-6-14/h2-6,13H,7-12H2,1H3. The first-order valence-corrected chi connectivity index (χ1v) is 8.56. The number of hydrogen-bond acceptors (Lipinski definition) is 4. The third kappa shape index (κ3) is 3.72. The number of carbonyl (C=O) groups excluding carboxylic acids is 1. The molecule has 0 saturated carbocycles. The Bertz CT molecular complexity index is 618. The number of rotatable bonds is 4. The fourth-order valence-corrected chi connectivity index (χ4v) is 3.36. The highest BCUT2D eigenvalue weighted by Gasteiger charge is 2.22. The van der Waals surface area contributed by atoms with Crippen molar-refractivity contribution in [1.82, 2.24) is 14.8 Å². The number of aryl methyl sites for hydroxylation is 2. The first kappa shape index (κ1) is 15.2. The molecule has 116 valence electrons. The lowest BCUT2D eigenvalue weighted by molar-refractivity contribution is 0.0659. The minimum Gasteiger partial charge on any atom is -0.335 e. The van der Waals surface area contributed by atoms with E-state index < -0.39 is 0 Å². The van der Waals surface area contributed by atoms with Gasteiger partial charge >= 0.3 is 0 Å². The van der Waals surface area contributed by atoms with Gasteiger partial charge in [-0.3, -0.25) is 4.79 Å². The molecule has 1 aromatic carbocycles. The molecule has 1 saturated heterocycles. The van der Waals surface area contributed by atoms with E-state index in [9.17, 15) is 4.79 Å². The molecule has 1 aromatic heterocycles. The molecule has 0 radical (unpaired) electrons. The second-order valence-electron chi connectivity index (χ2n) is 5.71. The Morgan fingerprint density at radius 3 is 2.59 bits per heavy atom. The zero-order valence-corrected chi connectivity index (χ0v) is 13.7. The first-order chi connectivity index (χ1) is 10.7. The van der Waals surface area contributed by atoms with E-state index >= 15 is 0 Å². The van der Waals surface area contributed by atoms with Crippen molar-refractivity contribution in [2.24, 2.45) is 0 Å². The molecule has 1 aliphatic rings. The van der Waals surface area contributed by atoms with E-state index in [-0.39, 0.29) is 5.91 Å². The summed E-state index contributed by atoms with van der Waals surface area (Å²) in [5, 5.41) is 2.95. The summed E-state index contributed by atoms with van der Waals surface area (Å²) in [5.41, 5.74) is 1.92. The number of benzene rings is 1. The van der Waals surface area contributed by atoms with Crippen molar-refractivity contribution in [3.8, 4) is 0 Å². The summed E-state index contributed by atoms with van der Waals surface area (Å²) in [7, 11) is 2.09. The Balaban J connectivity index is 1.57. The van der Waals surface area contributed by atoms with Gasteiger partial charge in [0.25, 0.3) is 5.91 Å². The van der Waals surface area contributed by atoms with Crippen LogP contribution in [-0.4, -0.2) is 53.9 Å². The topological polar surface area (TPSA) is 36.4 Å². The van der Waals surface area contributed by atoms with Crippen LogP contribution in [0.5, 0.6) is 0 Å². The Hall–Kier alpha value is -1.72. The molecule has 0 unspecified atom stereocenters. The maximum absolute atomic E-state index is 12.4. The van der Waals surface area contributed by atoms with Gasteiger partial charge in [0, 0.05) is 38.0 Å². The highest BCUT2D eigenvalue weighted by atomic mass is 32.1. The van der Waals surface area contributed by atoms with Crippen molar-refractivity contribution in [3.63, 3.8) is 0 Å². The fraction of sp³-hybridized carbons (Fsp3) is 0.412. The molecule has 5 heteroatoms. The van der Waals surface area contributed by atoms with Crippen LogP contribution >= 0.6 is 11.3 Å². The van der Waals surface area contributed by atoms with Crippen LogP contribution in [-0.2, 0) is 12.8 Å². The molecule has 22 heavy (non-hydrogen) atoms. The quantitative estimate of drug-likeness (QED) is 0.869. The minimum atomic E-state index is 0.0790. The van der Waals surface area contributed by atoms with Gasteiger partial charge < -0.3 is 9.80 Å². The number of aromatic nitrogens is 1. The number of piperazine rings is 1. The summed E-state index contributed by atoms with van der Waals surface area (Å²) in [5.74, 6) is 0.0790. The molecule has 0 spiro atoms. The van der Waals surface area contributed by atoms with Gasteiger partial charge in [-0.05, 0) is 19.0 Å².